The van der Waals surface area contributed by atoms with Gasteiger partial charge >= 0.3 is 0 Å². The Balaban J connectivity index is 1.32. The van der Waals surface area contributed by atoms with Crippen molar-refractivity contribution in [3.05, 3.63) is 76.4 Å². The van der Waals surface area contributed by atoms with Crippen LogP contribution in [0.4, 0.5) is 5.69 Å². The van der Waals surface area contributed by atoms with Crippen molar-refractivity contribution in [2.45, 2.75) is 6.92 Å². The minimum atomic E-state index is 0.0972. The number of amides is 1. The molecule has 4 aromatic rings. The SMILES string of the molecule is Cc1c(C(=O)N2CCN(c3ccc(Cl)cc3)CC2)sc2nc(-c3ccccc3)cn12. The number of carbonyl (C=O) groups is 1. The van der Waals surface area contributed by atoms with Gasteiger partial charge in [-0.25, -0.2) is 4.98 Å². The third-order valence-corrected chi connectivity index (χ3v) is 6.98. The summed E-state index contributed by atoms with van der Waals surface area (Å²) in [6, 6.07) is 18.0. The molecule has 0 spiro atoms. The standard InChI is InChI=1S/C23H21ClN4OS/c1-16-21(30-23-25-20(15-28(16)23)17-5-3-2-4-6-17)22(29)27-13-11-26(12-14-27)19-9-7-18(24)8-10-19/h2-10,15H,11-14H2,1H3. The summed E-state index contributed by atoms with van der Waals surface area (Å²) in [5, 5.41) is 0.737. The molecule has 0 saturated carbocycles. The first-order valence-electron chi connectivity index (χ1n) is 9.94. The van der Waals surface area contributed by atoms with Gasteiger partial charge in [-0.15, -0.1) is 0 Å². The second-order valence-electron chi connectivity index (χ2n) is 7.42. The summed E-state index contributed by atoms with van der Waals surface area (Å²) in [4.78, 5) is 23.8. The molecule has 1 saturated heterocycles. The maximum absolute atomic E-state index is 13.2. The zero-order chi connectivity index (χ0) is 20.7. The monoisotopic (exact) mass is 436 g/mol. The molecule has 2 aromatic heterocycles. The summed E-state index contributed by atoms with van der Waals surface area (Å²) in [7, 11) is 0. The number of nitrogens with zero attached hydrogens (tertiary/aromatic N) is 4. The Morgan fingerprint density at radius 3 is 2.37 bits per heavy atom. The fourth-order valence-electron chi connectivity index (χ4n) is 3.86. The van der Waals surface area contributed by atoms with E-state index >= 15 is 0 Å². The molecule has 5 rings (SSSR count). The first-order valence-corrected chi connectivity index (χ1v) is 11.1. The van der Waals surface area contributed by atoms with Gasteiger partial charge in [-0.1, -0.05) is 53.3 Å². The van der Waals surface area contributed by atoms with Crippen LogP contribution in [0.15, 0.2) is 60.8 Å². The number of hydrogen-bond donors (Lipinski definition) is 0. The van der Waals surface area contributed by atoms with E-state index in [0.29, 0.717) is 13.1 Å². The van der Waals surface area contributed by atoms with Gasteiger partial charge in [0.2, 0.25) is 0 Å². The highest BCUT2D eigenvalue weighted by Gasteiger charge is 2.26. The lowest BCUT2D eigenvalue weighted by atomic mass is 10.2. The summed E-state index contributed by atoms with van der Waals surface area (Å²) in [6.07, 6.45) is 2.02. The lowest BCUT2D eigenvalue weighted by molar-refractivity contribution is 0.0750. The minimum absolute atomic E-state index is 0.0972. The fourth-order valence-corrected chi connectivity index (χ4v) is 5.06. The van der Waals surface area contributed by atoms with Crippen LogP contribution in [-0.4, -0.2) is 46.4 Å². The van der Waals surface area contributed by atoms with Gasteiger partial charge in [0.25, 0.3) is 5.91 Å². The molecule has 0 unspecified atom stereocenters. The Labute approximate surface area is 184 Å². The number of imidazole rings is 1. The highest BCUT2D eigenvalue weighted by molar-refractivity contribution is 7.19. The molecule has 0 aliphatic carbocycles. The molecular weight excluding hydrogens is 416 g/mol. The number of carbonyl (C=O) groups excluding carboxylic acids is 1. The number of piperazine rings is 1. The zero-order valence-electron chi connectivity index (χ0n) is 16.6. The smallest absolute Gasteiger partial charge is 0.265 e. The summed E-state index contributed by atoms with van der Waals surface area (Å²) in [6.45, 7) is 5.03. The van der Waals surface area contributed by atoms with Crippen LogP contribution in [0.2, 0.25) is 5.02 Å². The van der Waals surface area contributed by atoms with E-state index in [1.54, 1.807) is 0 Å². The lowest BCUT2D eigenvalue weighted by Gasteiger charge is -2.36. The van der Waals surface area contributed by atoms with Gasteiger partial charge in [0.15, 0.2) is 4.96 Å². The first-order chi connectivity index (χ1) is 14.6. The first kappa shape index (κ1) is 19.2. The van der Waals surface area contributed by atoms with Crippen LogP contribution in [0.25, 0.3) is 16.2 Å². The maximum atomic E-state index is 13.2. The minimum Gasteiger partial charge on any atom is -0.368 e. The summed E-state index contributed by atoms with van der Waals surface area (Å²) in [5.74, 6) is 0.0972. The van der Waals surface area contributed by atoms with Gasteiger partial charge in [0.1, 0.15) is 4.88 Å². The van der Waals surface area contributed by atoms with E-state index in [0.717, 1.165) is 50.6 Å². The Kier molecular flexibility index (Phi) is 4.97. The van der Waals surface area contributed by atoms with Crippen LogP contribution in [-0.2, 0) is 0 Å². The third kappa shape index (κ3) is 3.46. The number of benzene rings is 2. The largest absolute Gasteiger partial charge is 0.368 e. The highest BCUT2D eigenvalue weighted by atomic mass is 35.5. The van der Waals surface area contributed by atoms with Crippen LogP contribution >= 0.6 is 22.9 Å². The molecule has 3 heterocycles. The fraction of sp³-hybridized carbons (Fsp3) is 0.217. The topological polar surface area (TPSA) is 40.9 Å². The van der Waals surface area contributed by atoms with Crippen molar-refractivity contribution < 1.29 is 4.79 Å². The summed E-state index contributed by atoms with van der Waals surface area (Å²) in [5.41, 5.74) is 4.11. The van der Waals surface area contributed by atoms with Crippen molar-refractivity contribution in [2.24, 2.45) is 0 Å². The van der Waals surface area contributed by atoms with Gasteiger partial charge in [-0.05, 0) is 31.2 Å². The molecule has 2 aromatic carbocycles. The van der Waals surface area contributed by atoms with Crippen LogP contribution < -0.4 is 4.90 Å². The lowest BCUT2D eigenvalue weighted by Crippen LogP contribution is -2.48. The van der Waals surface area contributed by atoms with Crippen molar-refractivity contribution in [3.63, 3.8) is 0 Å². The van der Waals surface area contributed by atoms with Crippen molar-refractivity contribution in [2.75, 3.05) is 31.1 Å². The van der Waals surface area contributed by atoms with E-state index in [1.807, 2.05) is 77.0 Å². The van der Waals surface area contributed by atoms with E-state index in [9.17, 15) is 4.79 Å². The van der Waals surface area contributed by atoms with Crippen molar-refractivity contribution in [3.8, 4) is 11.3 Å². The summed E-state index contributed by atoms with van der Waals surface area (Å²) >= 11 is 7.46. The average molecular weight is 437 g/mol. The Hall–Kier alpha value is -2.83. The van der Waals surface area contributed by atoms with Crippen LogP contribution in [0, 0.1) is 6.92 Å². The number of aryl methyl sites for hydroxylation is 1. The molecule has 30 heavy (non-hydrogen) atoms. The van der Waals surface area contributed by atoms with E-state index in [4.69, 9.17) is 16.6 Å². The van der Waals surface area contributed by atoms with Gasteiger partial charge in [-0.2, -0.15) is 0 Å². The van der Waals surface area contributed by atoms with E-state index in [2.05, 4.69) is 4.90 Å². The maximum Gasteiger partial charge on any atom is 0.265 e. The third-order valence-electron chi connectivity index (χ3n) is 5.58. The van der Waals surface area contributed by atoms with Crippen molar-refractivity contribution >= 4 is 39.5 Å². The molecule has 1 fully saturated rings. The molecule has 1 amide bonds. The van der Waals surface area contributed by atoms with E-state index in [1.165, 1.54) is 11.3 Å². The Morgan fingerprint density at radius 2 is 1.70 bits per heavy atom. The van der Waals surface area contributed by atoms with E-state index < -0.39 is 0 Å². The Bertz CT molecular complexity index is 1190. The van der Waals surface area contributed by atoms with Crippen LogP contribution in [0.5, 0.6) is 0 Å². The summed E-state index contributed by atoms with van der Waals surface area (Å²) < 4.78 is 2.03. The second-order valence-corrected chi connectivity index (χ2v) is 8.83. The molecule has 0 bridgehead atoms. The number of hydrogen-bond acceptors (Lipinski definition) is 4. The normalized spacial score (nSPS) is 14.5. The van der Waals surface area contributed by atoms with Crippen molar-refractivity contribution in [1.82, 2.24) is 14.3 Å². The molecule has 1 aliphatic heterocycles. The van der Waals surface area contributed by atoms with Gasteiger partial charge in [0.05, 0.1) is 5.69 Å². The quantitative estimate of drug-likeness (QED) is 0.454. The molecule has 1 aliphatic rings. The molecule has 0 radical (unpaired) electrons. The Morgan fingerprint density at radius 1 is 1.00 bits per heavy atom. The predicted molar refractivity (Wildman–Crippen MR) is 123 cm³/mol. The molecule has 5 nitrogen and oxygen atoms in total. The van der Waals surface area contributed by atoms with Crippen LogP contribution in [0.1, 0.15) is 15.4 Å². The number of anilines is 1. The predicted octanol–water partition coefficient (Wildman–Crippen LogP) is 4.99. The second kappa shape index (κ2) is 7.78. The number of thiazole rings is 1. The number of fused-ring (bicyclic) bond motifs is 1. The number of aromatic nitrogens is 2. The molecule has 7 heteroatoms. The van der Waals surface area contributed by atoms with Crippen LogP contribution in [0.3, 0.4) is 0 Å². The van der Waals surface area contributed by atoms with E-state index in [-0.39, 0.29) is 5.91 Å². The highest BCUT2D eigenvalue weighted by Crippen LogP contribution is 2.28. The van der Waals surface area contributed by atoms with Gasteiger partial charge in [-0.3, -0.25) is 9.20 Å². The number of rotatable bonds is 3. The zero-order valence-corrected chi connectivity index (χ0v) is 18.2. The molecule has 0 atom stereocenters. The average Bonchev–Trinajstić information content (AvgIpc) is 3.34. The molecule has 0 N–H and O–H groups in total. The number of halogens is 1. The molecular formula is C23H21ClN4OS. The van der Waals surface area contributed by atoms with Gasteiger partial charge < -0.3 is 9.80 Å². The molecule has 152 valence electrons. The van der Waals surface area contributed by atoms with Gasteiger partial charge in [0, 0.05) is 54.3 Å². The van der Waals surface area contributed by atoms with Crippen molar-refractivity contribution in [1.29, 1.82) is 0 Å².